The second-order valence-corrected chi connectivity index (χ2v) is 6.32. The van der Waals surface area contributed by atoms with E-state index in [4.69, 9.17) is 4.74 Å². The monoisotopic (exact) mass is 309 g/mol. The summed E-state index contributed by atoms with van der Waals surface area (Å²) in [6, 6.07) is 9.05. The highest BCUT2D eigenvalue weighted by molar-refractivity contribution is 9.10. The van der Waals surface area contributed by atoms with Crippen molar-refractivity contribution in [3.05, 3.63) is 34.3 Å². The van der Waals surface area contributed by atoms with E-state index in [1.54, 1.807) is 0 Å². The lowest BCUT2D eigenvalue weighted by Gasteiger charge is -2.28. The molecule has 4 unspecified atom stereocenters. The fourth-order valence-corrected chi connectivity index (χ4v) is 3.92. The minimum absolute atomic E-state index is 0.495. The Balaban J connectivity index is 1.72. The zero-order valence-electron chi connectivity index (χ0n) is 10.7. The lowest BCUT2D eigenvalue weighted by atomic mass is 9.81. The highest BCUT2D eigenvalue weighted by atomic mass is 79.9. The summed E-state index contributed by atoms with van der Waals surface area (Å²) < 4.78 is 7.20. The molecule has 2 aliphatic heterocycles. The summed E-state index contributed by atoms with van der Waals surface area (Å²) >= 11 is 3.64. The molecule has 1 N–H and O–H groups in total. The van der Waals surface area contributed by atoms with Crippen LogP contribution in [0.3, 0.4) is 0 Å². The predicted octanol–water partition coefficient (Wildman–Crippen LogP) is 3.15. The third kappa shape index (κ3) is 2.36. The molecule has 2 nitrogen and oxygen atoms in total. The Morgan fingerprint density at radius 3 is 2.83 bits per heavy atom. The molecular formula is C15H20BrNO. The van der Waals surface area contributed by atoms with E-state index in [1.165, 1.54) is 29.3 Å². The van der Waals surface area contributed by atoms with Crippen molar-refractivity contribution < 1.29 is 4.74 Å². The molecular weight excluding hydrogens is 290 g/mol. The van der Waals surface area contributed by atoms with Crippen molar-refractivity contribution in [1.29, 1.82) is 0 Å². The van der Waals surface area contributed by atoms with Crippen molar-refractivity contribution >= 4 is 15.9 Å². The fraction of sp³-hybridized carbons (Fsp3) is 0.600. The molecule has 2 heterocycles. The fourth-order valence-electron chi connectivity index (χ4n) is 3.47. The first-order valence-electron chi connectivity index (χ1n) is 6.84. The van der Waals surface area contributed by atoms with Crippen molar-refractivity contribution in [2.45, 2.75) is 43.9 Å². The van der Waals surface area contributed by atoms with E-state index in [0.29, 0.717) is 24.2 Å². The first-order valence-corrected chi connectivity index (χ1v) is 7.63. The van der Waals surface area contributed by atoms with Gasteiger partial charge in [0.25, 0.3) is 0 Å². The molecule has 3 heteroatoms. The van der Waals surface area contributed by atoms with Gasteiger partial charge in [0.2, 0.25) is 0 Å². The Hall–Kier alpha value is -0.380. The van der Waals surface area contributed by atoms with Gasteiger partial charge >= 0.3 is 0 Å². The number of rotatable bonds is 4. The van der Waals surface area contributed by atoms with E-state index in [9.17, 15) is 0 Å². The van der Waals surface area contributed by atoms with Crippen LogP contribution in [0.2, 0.25) is 0 Å². The lowest BCUT2D eigenvalue weighted by Crippen LogP contribution is -2.40. The quantitative estimate of drug-likeness (QED) is 0.922. The van der Waals surface area contributed by atoms with Gasteiger partial charge < -0.3 is 10.1 Å². The maximum atomic E-state index is 5.98. The smallest absolute Gasteiger partial charge is 0.0623 e. The maximum absolute atomic E-state index is 5.98. The molecule has 2 fully saturated rings. The Kier molecular flexibility index (Phi) is 3.73. The van der Waals surface area contributed by atoms with E-state index in [1.807, 2.05) is 0 Å². The summed E-state index contributed by atoms with van der Waals surface area (Å²) in [5.41, 5.74) is 1.39. The van der Waals surface area contributed by atoms with Gasteiger partial charge in [0.1, 0.15) is 0 Å². The number of likely N-dealkylation sites (N-methyl/N-ethyl adjacent to an activating group) is 1. The van der Waals surface area contributed by atoms with Gasteiger partial charge in [-0.05, 0) is 44.4 Å². The third-order valence-electron chi connectivity index (χ3n) is 4.44. The topological polar surface area (TPSA) is 21.3 Å². The minimum atomic E-state index is 0.495. The standard InChI is InChI=1S/C15H20BrNO/c1-17-14(8-10-4-2-3-5-13(10)16)12-9-11-6-7-15(12)18-11/h2-5,11-12,14-15,17H,6-9H2,1H3. The SMILES string of the molecule is CNC(Cc1ccccc1Br)C1CC2CCC1O2. The molecule has 2 saturated heterocycles. The summed E-state index contributed by atoms with van der Waals surface area (Å²) in [7, 11) is 2.08. The summed E-state index contributed by atoms with van der Waals surface area (Å²) in [4.78, 5) is 0. The van der Waals surface area contributed by atoms with E-state index in [-0.39, 0.29) is 0 Å². The zero-order valence-corrected chi connectivity index (χ0v) is 12.3. The summed E-state index contributed by atoms with van der Waals surface area (Å²) in [6.07, 6.45) is 5.87. The van der Waals surface area contributed by atoms with Crippen molar-refractivity contribution in [1.82, 2.24) is 5.32 Å². The third-order valence-corrected chi connectivity index (χ3v) is 5.21. The van der Waals surface area contributed by atoms with Gasteiger partial charge in [0.05, 0.1) is 12.2 Å². The number of fused-ring (bicyclic) bond motifs is 2. The largest absolute Gasteiger partial charge is 0.375 e. The van der Waals surface area contributed by atoms with Gasteiger partial charge in [-0.3, -0.25) is 0 Å². The molecule has 0 amide bonds. The van der Waals surface area contributed by atoms with Gasteiger partial charge in [-0.15, -0.1) is 0 Å². The first-order chi connectivity index (χ1) is 8.78. The number of hydrogen-bond acceptors (Lipinski definition) is 2. The van der Waals surface area contributed by atoms with Gasteiger partial charge in [0, 0.05) is 16.4 Å². The van der Waals surface area contributed by atoms with Crippen LogP contribution in [0.25, 0.3) is 0 Å². The first kappa shape index (κ1) is 12.6. The summed E-state index contributed by atoms with van der Waals surface area (Å²) in [6.45, 7) is 0. The maximum Gasteiger partial charge on any atom is 0.0623 e. The van der Waals surface area contributed by atoms with Gasteiger partial charge in [-0.25, -0.2) is 0 Å². The molecule has 0 radical (unpaired) electrons. The van der Waals surface area contributed by atoms with E-state index in [0.717, 1.165) is 6.42 Å². The van der Waals surface area contributed by atoms with Crippen molar-refractivity contribution in [3.63, 3.8) is 0 Å². The second-order valence-electron chi connectivity index (χ2n) is 5.46. The lowest BCUT2D eigenvalue weighted by molar-refractivity contribution is 0.0863. The Bertz CT molecular complexity index is 423. The zero-order chi connectivity index (χ0) is 12.5. The predicted molar refractivity (Wildman–Crippen MR) is 76.7 cm³/mol. The molecule has 2 aliphatic rings. The molecule has 0 saturated carbocycles. The molecule has 4 atom stereocenters. The molecule has 0 aromatic heterocycles. The number of hydrogen-bond donors (Lipinski definition) is 1. The number of nitrogens with one attached hydrogen (secondary N) is 1. The molecule has 1 aromatic carbocycles. The highest BCUT2D eigenvalue weighted by Crippen LogP contribution is 2.41. The van der Waals surface area contributed by atoms with Crippen molar-refractivity contribution in [3.8, 4) is 0 Å². The summed E-state index contributed by atoms with van der Waals surface area (Å²) in [5, 5.41) is 3.50. The van der Waals surface area contributed by atoms with Crippen molar-refractivity contribution in [2.24, 2.45) is 5.92 Å². The average molecular weight is 310 g/mol. The number of benzene rings is 1. The molecule has 0 aliphatic carbocycles. The van der Waals surface area contributed by atoms with Crippen LogP contribution in [0.5, 0.6) is 0 Å². The second kappa shape index (κ2) is 5.32. The summed E-state index contributed by atoms with van der Waals surface area (Å²) in [5.74, 6) is 0.681. The molecule has 98 valence electrons. The van der Waals surface area contributed by atoms with Crippen LogP contribution in [0.15, 0.2) is 28.7 Å². The highest BCUT2D eigenvalue weighted by Gasteiger charge is 2.43. The van der Waals surface area contributed by atoms with Crippen LogP contribution >= 0.6 is 15.9 Å². The van der Waals surface area contributed by atoms with Crippen LogP contribution in [-0.2, 0) is 11.2 Å². The minimum Gasteiger partial charge on any atom is -0.375 e. The Morgan fingerprint density at radius 1 is 1.39 bits per heavy atom. The molecule has 3 rings (SSSR count). The molecule has 0 spiro atoms. The normalized spacial score (nSPS) is 31.8. The van der Waals surface area contributed by atoms with E-state index in [2.05, 4.69) is 52.6 Å². The van der Waals surface area contributed by atoms with Crippen LogP contribution in [0.1, 0.15) is 24.8 Å². The Labute approximate surface area is 117 Å². The van der Waals surface area contributed by atoms with Crippen molar-refractivity contribution in [2.75, 3.05) is 7.05 Å². The van der Waals surface area contributed by atoms with Crippen LogP contribution < -0.4 is 5.32 Å². The van der Waals surface area contributed by atoms with Crippen LogP contribution in [0, 0.1) is 5.92 Å². The molecule has 2 bridgehead atoms. The van der Waals surface area contributed by atoms with Gasteiger partial charge in [-0.2, -0.15) is 0 Å². The Morgan fingerprint density at radius 2 is 2.22 bits per heavy atom. The average Bonchev–Trinajstić information content (AvgIpc) is 3.00. The van der Waals surface area contributed by atoms with Gasteiger partial charge in [-0.1, -0.05) is 34.1 Å². The van der Waals surface area contributed by atoms with Crippen LogP contribution in [0.4, 0.5) is 0 Å². The molecule has 18 heavy (non-hydrogen) atoms. The number of ether oxygens (including phenoxy) is 1. The van der Waals surface area contributed by atoms with Gasteiger partial charge in [0.15, 0.2) is 0 Å². The number of halogens is 1. The molecule has 1 aromatic rings. The van der Waals surface area contributed by atoms with E-state index < -0.39 is 0 Å². The van der Waals surface area contributed by atoms with Crippen LogP contribution in [-0.4, -0.2) is 25.3 Å². The van der Waals surface area contributed by atoms with E-state index >= 15 is 0 Å².